The molecule has 0 radical (unpaired) electrons. The van der Waals surface area contributed by atoms with Crippen molar-refractivity contribution < 1.29 is 23.2 Å². The maximum Gasteiger partial charge on any atom is 0.416 e. The molecule has 0 atom stereocenters. The van der Waals surface area contributed by atoms with E-state index in [1.165, 1.54) is 13.0 Å². The van der Waals surface area contributed by atoms with Crippen LogP contribution in [0.4, 0.5) is 23.7 Å². The molecule has 7 heteroatoms. The Morgan fingerprint density at radius 1 is 1.44 bits per heavy atom. The molecule has 0 unspecified atom stereocenters. The average Bonchev–Trinajstić information content (AvgIpc) is 2.27. The number of benzene rings is 1. The first-order chi connectivity index (χ1) is 8.27. The van der Waals surface area contributed by atoms with Crippen molar-refractivity contribution in [2.24, 2.45) is 0 Å². The lowest BCUT2D eigenvalue weighted by Gasteiger charge is -2.19. The van der Waals surface area contributed by atoms with Gasteiger partial charge in [0, 0.05) is 6.54 Å². The number of halogens is 3. The molecule has 0 aliphatic carbocycles. The van der Waals surface area contributed by atoms with Crippen molar-refractivity contribution >= 4 is 11.7 Å². The number of alkyl halides is 3. The number of hydroxylamine groups is 1. The summed E-state index contributed by atoms with van der Waals surface area (Å²) in [4.78, 5) is 11.3. The van der Waals surface area contributed by atoms with Gasteiger partial charge in [-0.05, 0) is 31.5 Å². The number of carbonyl (C=O) groups excluding carboxylic acids is 1. The molecule has 1 rings (SSSR count). The standard InChI is InChI=1S/C11H13F3N2O2/c1-3-15-10(17)16(18)9-6-8(11(12,13)14)5-4-7(9)2/h4-6,18H,3H2,1-2H3,(H,15,17). The molecular weight excluding hydrogens is 249 g/mol. The molecule has 0 saturated carbocycles. The van der Waals surface area contributed by atoms with E-state index in [0.29, 0.717) is 5.56 Å². The third kappa shape index (κ3) is 3.13. The Labute approximate surface area is 102 Å². The molecule has 0 aliphatic rings. The molecule has 4 nitrogen and oxygen atoms in total. The molecule has 0 saturated heterocycles. The summed E-state index contributed by atoms with van der Waals surface area (Å²) < 4.78 is 37.5. The molecular formula is C11H13F3N2O2. The zero-order valence-corrected chi connectivity index (χ0v) is 9.88. The minimum atomic E-state index is -4.52. The van der Waals surface area contributed by atoms with Gasteiger partial charge < -0.3 is 5.32 Å². The second-order valence-electron chi connectivity index (χ2n) is 3.65. The van der Waals surface area contributed by atoms with Crippen LogP contribution in [0.1, 0.15) is 18.1 Å². The van der Waals surface area contributed by atoms with Gasteiger partial charge in [0.15, 0.2) is 0 Å². The van der Waals surface area contributed by atoms with Gasteiger partial charge in [0.2, 0.25) is 0 Å². The van der Waals surface area contributed by atoms with E-state index in [1.807, 2.05) is 0 Å². The van der Waals surface area contributed by atoms with E-state index in [2.05, 4.69) is 5.32 Å². The summed E-state index contributed by atoms with van der Waals surface area (Å²) in [6.45, 7) is 3.39. The van der Waals surface area contributed by atoms with Crippen molar-refractivity contribution in [1.29, 1.82) is 0 Å². The lowest BCUT2D eigenvalue weighted by Crippen LogP contribution is -2.38. The molecule has 2 amide bonds. The van der Waals surface area contributed by atoms with Crippen LogP contribution >= 0.6 is 0 Å². The Bertz CT molecular complexity index is 446. The monoisotopic (exact) mass is 262 g/mol. The minimum absolute atomic E-state index is 0.175. The van der Waals surface area contributed by atoms with E-state index < -0.39 is 17.8 Å². The number of anilines is 1. The number of amides is 2. The Morgan fingerprint density at radius 2 is 2.06 bits per heavy atom. The number of carbonyl (C=O) groups is 1. The van der Waals surface area contributed by atoms with Gasteiger partial charge >= 0.3 is 12.2 Å². The number of nitrogens with zero attached hydrogens (tertiary/aromatic N) is 1. The van der Waals surface area contributed by atoms with Crippen molar-refractivity contribution in [2.75, 3.05) is 11.6 Å². The molecule has 0 bridgehead atoms. The third-order valence-electron chi connectivity index (χ3n) is 2.29. The van der Waals surface area contributed by atoms with E-state index in [4.69, 9.17) is 0 Å². The number of hydrogen-bond donors (Lipinski definition) is 2. The fraction of sp³-hybridized carbons (Fsp3) is 0.364. The number of rotatable bonds is 2. The maximum atomic E-state index is 12.5. The predicted octanol–water partition coefficient (Wildman–Crippen LogP) is 2.94. The fourth-order valence-corrected chi connectivity index (χ4v) is 1.35. The topological polar surface area (TPSA) is 52.6 Å². The lowest BCUT2D eigenvalue weighted by atomic mass is 10.1. The maximum absolute atomic E-state index is 12.5. The van der Waals surface area contributed by atoms with Crippen molar-refractivity contribution in [2.45, 2.75) is 20.0 Å². The van der Waals surface area contributed by atoms with Crippen molar-refractivity contribution in [1.82, 2.24) is 5.32 Å². The second-order valence-corrected chi connectivity index (χ2v) is 3.65. The molecule has 1 aromatic carbocycles. The zero-order chi connectivity index (χ0) is 13.9. The van der Waals surface area contributed by atoms with Crippen LogP contribution in [-0.2, 0) is 6.18 Å². The van der Waals surface area contributed by atoms with Gasteiger partial charge in [-0.1, -0.05) is 6.07 Å². The second kappa shape index (κ2) is 5.26. The van der Waals surface area contributed by atoms with E-state index in [1.54, 1.807) is 6.92 Å². The van der Waals surface area contributed by atoms with Crippen molar-refractivity contribution in [3.8, 4) is 0 Å². The molecule has 0 aliphatic heterocycles. The van der Waals surface area contributed by atoms with Gasteiger partial charge in [-0.25, -0.2) is 4.79 Å². The van der Waals surface area contributed by atoms with Crippen LogP contribution in [0.15, 0.2) is 18.2 Å². The summed E-state index contributed by atoms with van der Waals surface area (Å²) in [5.41, 5.74) is -0.765. The van der Waals surface area contributed by atoms with Gasteiger partial charge in [-0.3, -0.25) is 5.21 Å². The number of nitrogens with one attached hydrogen (secondary N) is 1. The molecule has 0 aromatic heterocycles. The first kappa shape index (κ1) is 14.3. The summed E-state index contributed by atoms with van der Waals surface area (Å²) in [7, 11) is 0. The summed E-state index contributed by atoms with van der Waals surface area (Å²) in [6.07, 6.45) is -4.52. The van der Waals surface area contributed by atoms with E-state index in [9.17, 15) is 23.2 Å². The van der Waals surface area contributed by atoms with Gasteiger partial charge in [0.05, 0.1) is 11.3 Å². The van der Waals surface area contributed by atoms with Gasteiger partial charge in [0.25, 0.3) is 0 Å². The van der Waals surface area contributed by atoms with E-state index in [-0.39, 0.29) is 17.3 Å². The van der Waals surface area contributed by atoms with Crippen LogP contribution in [-0.4, -0.2) is 17.8 Å². The molecule has 18 heavy (non-hydrogen) atoms. The summed E-state index contributed by atoms with van der Waals surface area (Å²) in [5.74, 6) is 0. The fourth-order valence-electron chi connectivity index (χ4n) is 1.35. The highest BCUT2D eigenvalue weighted by Gasteiger charge is 2.31. The average molecular weight is 262 g/mol. The molecule has 0 spiro atoms. The van der Waals surface area contributed by atoms with Crippen LogP contribution in [0.25, 0.3) is 0 Å². The molecule has 1 aromatic rings. The van der Waals surface area contributed by atoms with Gasteiger partial charge in [0.1, 0.15) is 0 Å². The van der Waals surface area contributed by atoms with Crippen LogP contribution < -0.4 is 10.4 Å². The zero-order valence-electron chi connectivity index (χ0n) is 9.88. The Morgan fingerprint density at radius 3 is 2.56 bits per heavy atom. The highest BCUT2D eigenvalue weighted by atomic mass is 19.4. The van der Waals surface area contributed by atoms with Crippen LogP contribution in [0.5, 0.6) is 0 Å². The quantitative estimate of drug-likeness (QED) is 0.636. The molecule has 2 N–H and O–H groups in total. The summed E-state index contributed by atoms with van der Waals surface area (Å²) in [5, 5.41) is 12.0. The van der Waals surface area contributed by atoms with Crippen LogP contribution in [0, 0.1) is 6.92 Å². The minimum Gasteiger partial charge on any atom is -0.336 e. The Kier molecular flexibility index (Phi) is 4.18. The summed E-state index contributed by atoms with van der Waals surface area (Å²) in [6, 6.07) is 1.94. The predicted molar refractivity (Wildman–Crippen MR) is 59.5 cm³/mol. The first-order valence-corrected chi connectivity index (χ1v) is 5.22. The van der Waals surface area contributed by atoms with Crippen LogP contribution in [0.2, 0.25) is 0 Å². The molecule has 100 valence electrons. The Balaban J connectivity index is 3.12. The van der Waals surface area contributed by atoms with Crippen LogP contribution in [0.3, 0.4) is 0 Å². The number of urea groups is 1. The normalized spacial score (nSPS) is 11.2. The molecule has 0 fully saturated rings. The first-order valence-electron chi connectivity index (χ1n) is 5.22. The van der Waals surface area contributed by atoms with E-state index >= 15 is 0 Å². The molecule has 0 heterocycles. The number of aryl methyl sites for hydroxylation is 1. The smallest absolute Gasteiger partial charge is 0.336 e. The number of hydrogen-bond acceptors (Lipinski definition) is 2. The lowest BCUT2D eigenvalue weighted by molar-refractivity contribution is -0.137. The summed E-state index contributed by atoms with van der Waals surface area (Å²) >= 11 is 0. The highest BCUT2D eigenvalue weighted by Crippen LogP contribution is 2.32. The van der Waals surface area contributed by atoms with Crippen molar-refractivity contribution in [3.63, 3.8) is 0 Å². The third-order valence-corrected chi connectivity index (χ3v) is 2.29. The SMILES string of the molecule is CCNC(=O)N(O)c1cc(C(F)(F)F)ccc1C. The van der Waals surface area contributed by atoms with Gasteiger partial charge in [-0.15, -0.1) is 0 Å². The Hall–Kier alpha value is -1.76. The largest absolute Gasteiger partial charge is 0.416 e. The van der Waals surface area contributed by atoms with Crippen molar-refractivity contribution in [3.05, 3.63) is 29.3 Å². The van der Waals surface area contributed by atoms with Gasteiger partial charge in [-0.2, -0.15) is 18.2 Å². The highest BCUT2D eigenvalue weighted by molar-refractivity contribution is 5.90. The van der Waals surface area contributed by atoms with E-state index in [0.717, 1.165) is 12.1 Å².